The van der Waals surface area contributed by atoms with E-state index in [1.165, 1.54) is 22.0 Å². The van der Waals surface area contributed by atoms with Gasteiger partial charge in [-0.2, -0.15) is 13.5 Å². The summed E-state index contributed by atoms with van der Waals surface area (Å²) in [5, 5.41) is 11.6. The van der Waals surface area contributed by atoms with Crippen molar-refractivity contribution >= 4 is 60.8 Å². The molecule has 0 unspecified atom stereocenters. The molecule has 2 aromatic heterocycles. The molecule has 0 aliphatic rings. The van der Waals surface area contributed by atoms with Crippen molar-refractivity contribution in [2.45, 2.75) is 4.34 Å². The predicted molar refractivity (Wildman–Crippen MR) is 117 cm³/mol. The summed E-state index contributed by atoms with van der Waals surface area (Å²) in [4.78, 5) is 6.38. The third-order valence-corrected chi connectivity index (χ3v) is 6.34. The first-order chi connectivity index (χ1) is 13.7. The van der Waals surface area contributed by atoms with Gasteiger partial charge in [0.25, 0.3) is 4.34 Å². The molecule has 0 amide bonds. The highest BCUT2D eigenvalue weighted by Gasteiger charge is 2.23. The number of imidazole rings is 1. The summed E-state index contributed by atoms with van der Waals surface area (Å²) < 4.78 is 30.5. The lowest BCUT2D eigenvalue weighted by Crippen LogP contribution is -2.21. The summed E-state index contributed by atoms with van der Waals surface area (Å²) in [5.74, 6) is -0.216. The number of rotatable bonds is 6. The second-order valence-corrected chi connectivity index (χ2v) is 9.52. The molecule has 0 aliphatic carbocycles. The number of aromatic nitrogens is 3. The molecule has 11 nitrogen and oxygen atoms in total. The maximum Gasteiger partial charge on any atom is 0.312 e. The minimum Gasteiger partial charge on any atom is -0.369 e. The molecule has 3 aromatic rings. The Hall–Kier alpha value is -2.84. The zero-order chi connectivity index (χ0) is 21.2. The van der Waals surface area contributed by atoms with Gasteiger partial charge in [-0.3, -0.25) is 0 Å². The zero-order valence-electron chi connectivity index (χ0n) is 15.3. The van der Waals surface area contributed by atoms with Crippen molar-refractivity contribution in [1.29, 1.82) is 0 Å². The smallest absolute Gasteiger partial charge is 0.312 e. The molecule has 0 atom stereocenters. The molecule has 14 heteroatoms. The standard InChI is InChI=1S/C15H16BrN9O2S2/c1-24(2)8-20-29(26,27)15-23-25-11(7-19-22-13(17)18)12(21-14(25)28-15)9-3-5-10(16)6-4-9/h3-8H,1-2H3,(H4,17,18,22)/b19-7+,20-8+. The Balaban J connectivity index is 2.15. The van der Waals surface area contributed by atoms with Crippen LogP contribution in [0.25, 0.3) is 16.2 Å². The van der Waals surface area contributed by atoms with E-state index in [1.807, 2.05) is 24.3 Å². The SMILES string of the molecule is CN(C)/C=N/S(=O)(=O)c1nn2c(/C=N/N=C(N)N)c(-c3ccc(Br)cc3)nc2s1. The lowest BCUT2D eigenvalue weighted by molar-refractivity contribution is 0.592. The Morgan fingerprint density at radius 2 is 1.97 bits per heavy atom. The first-order valence-electron chi connectivity index (χ1n) is 7.92. The van der Waals surface area contributed by atoms with Crippen LogP contribution in [0.1, 0.15) is 5.69 Å². The van der Waals surface area contributed by atoms with Crippen molar-refractivity contribution in [3.63, 3.8) is 0 Å². The molecule has 0 bridgehead atoms. The number of nitrogens with two attached hydrogens (primary N) is 2. The maximum atomic E-state index is 12.4. The molecule has 29 heavy (non-hydrogen) atoms. The van der Waals surface area contributed by atoms with Gasteiger partial charge in [-0.25, -0.2) is 9.50 Å². The van der Waals surface area contributed by atoms with Crippen molar-refractivity contribution in [1.82, 2.24) is 19.5 Å². The molecule has 3 rings (SSSR count). The van der Waals surface area contributed by atoms with Gasteiger partial charge in [0.1, 0.15) is 17.7 Å². The molecular weight excluding hydrogens is 482 g/mol. The van der Waals surface area contributed by atoms with E-state index >= 15 is 0 Å². The second kappa shape index (κ2) is 8.26. The third-order valence-electron chi connectivity index (χ3n) is 3.33. The average molecular weight is 498 g/mol. The molecule has 1 aromatic carbocycles. The minimum absolute atomic E-state index is 0.197. The van der Waals surface area contributed by atoms with Crippen LogP contribution in [-0.4, -0.2) is 60.5 Å². The van der Waals surface area contributed by atoms with Crippen molar-refractivity contribution in [2.24, 2.45) is 26.1 Å². The van der Waals surface area contributed by atoms with Gasteiger partial charge in [0, 0.05) is 24.1 Å². The Bertz CT molecular complexity index is 1220. The predicted octanol–water partition coefficient (Wildman–Crippen LogP) is 1.11. The molecule has 0 fully saturated rings. The average Bonchev–Trinajstić information content (AvgIpc) is 3.20. The largest absolute Gasteiger partial charge is 0.369 e. The fourth-order valence-corrected chi connectivity index (χ4v) is 4.41. The first-order valence-corrected chi connectivity index (χ1v) is 11.0. The summed E-state index contributed by atoms with van der Waals surface area (Å²) in [7, 11) is -0.639. The van der Waals surface area contributed by atoms with Crippen LogP contribution in [0.2, 0.25) is 0 Å². The van der Waals surface area contributed by atoms with Gasteiger partial charge in [0.2, 0.25) is 10.9 Å². The lowest BCUT2D eigenvalue weighted by atomic mass is 10.1. The quantitative estimate of drug-likeness (QED) is 0.293. The molecule has 4 N–H and O–H groups in total. The number of halogens is 1. The van der Waals surface area contributed by atoms with Crippen LogP contribution >= 0.6 is 27.3 Å². The molecule has 2 heterocycles. The molecule has 0 spiro atoms. The first kappa shape index (κ1) is 20.9. The monoisotopic (exact) mass is 497 g/mol. The van der Waals surface area contributed by atoms with Crippen LogP contribution in [0.5, 0.6) is 0 Å². The normalized spacial score (nSPS) is 12.2. The highest BCUT2D eigenvalue weighted by atomic mass is 79.9. The number of fused-ring (bicyclic) bond motifs is 1. The Kier molecular flexibility index (Phi) is 5.95. The van der Waals surface area contributed by atoms with E-state index in [2.05, 4.69) is 40.6 Å². The molecule has 0 aliphatic heterocycles. The van der Waals surface area contributed by atoms with Crippen molar-refractivity contribution < 1.29 is 8.42 Å². The Labute approximate surface area is 178 Å². The fraction of sp³-hybridized carbons (Fsp3) is 0.133. The van der Waals surface area contributed by atoms with E-state index in [9.17, 15) is 8.42 Å². The van der Waals surface area contributed by atoms with Gasteiger partial charge in [0.05, 0.1) is 6.21 Å². The van der Waals surface area contributed by atoms with Crippen LogP contribution in [0.15, 0.2) is 47.7 Å². The van der Waals surface area contributed by atoms with Crippen molar-refractivity contribution in [2.75, 3.05) is 14.1 Å². The molecule has 0 saturated heterocycles. The number of guanidine groups is 1. The molecule has 0 radical (unpaired) electrons. The topological polar surface area (TPSA) is 157 Å². The summed E-state index contributed by atoms with van der Waals surface area (Å²) in [6.45, 7) is 0. The van der Waals surface area contributed by atoms with E-state index in [-0.39, 0.29) is 10.3 Å². The van der Waals surface area contributed by atoms with Crippen LogP contribution in [0, 0.1) is 0 Å². The number of nitrogens with zero attached hydrogens (tertiary/aromatic N) is 7. The van der Waals surface area contributed by atoms with Gasteiger partial charge in [-0.15, -0.1) is 14.6 Å². The van der Waals surface area contributed by atoms with Crippen LogP contribution in [0.4, 0.5) is 0 Å². The zero-order valence-corrected chi connectivity index (χ0v) is 18.5. The summed E-state index contributed by atoms with van der Waals surface area (Å²) >= 11 is 4.28. The molecular formula is C15H16BrN9O2S2. The second-order valence-electron chi connectivity index (χ2n) is 5.84. The number of hydrogen-bond acceptors (Lipinski definition) is 7. The number of hydrogen-bond donors (Lipinski definition) is 2. The summed E-state index contributed by atoms with van der Waals surface area (Å²) in [6, 6.07) is 7.43. The Morgan fingerprint density at radius 3 is 2.59 bits per heavy atom. The van der Waals surface area contributed by atoms with Gasteiger partial charge >= 0.3 is 10.0 Å². The highest BCUT2D eigenvalue weighted by Crippen LogP contribution is 2.29. The van der Waals surface area contributed by atoms with E-state index in [0.717, 1.165) is 21.4 Å². The van der Waals surface area contributed by atoms with Gasteiger partial charge < -0.3 is 16.4 Å². The van der Waals surface area contributed by atoms with E-state index in [0.29, 0.717) is 16.3 Å². The number of benzene rings is 1. The molecule has 152 valence electrons. The Morgan fingerprint density at radius 1 is 1.28 bits per heavy atom. The van der Waals surface area contributed by atoms with E-state index in [1.54, 1.807) is 14.1 Å². The highest BCUT2D eigenvalue weighted by molar-refractivity contribution is 9.10. The summed E-state index contributed by atoms with van der Waals surface area (Å²) in [6.07, 6.45) is 2.55. The van der Waals surface area contributed by atoms with Crippen molar-refractivity contribution in [3.05, 3.63) is 34.4 Å². The summed E-state index contributed by atoms with van der Waals surface area (Å²) in [5.41, 5.74) is 12.4. The van der Waals surface area contributed by atoms with E-state index < -0.39 is 10.0 Å². The van der Waals surface area contributed by atoms with Gasteiger partial charge in [-0.1, -0.05) is 39.4 Å². The molecule has 0 saturated carbocycles. The minimum atomic E-state index is -3.96. The van der Waals surface area contributed by atoms with Gasteiger partial charge in [0.15, 0.2) is 0 Å². The van der Waals surface area contributed by atoms with Crippen molar-refractivity contribution in [3.8, 4) is 11.3 Å². The fourth-order valence-electron chi connectivity index (χ4n) is 2.14. The van der Waals surface area contributed by atoms with Gasteiger partial charge in [-0.05, 0) is 12.1 Å². The maximum absolute atomic E-state index is 12.4. The van der Waals surface area contributed by atoms with Crippen LogP contribution in [0.3, 0.4) is 0 Å². The van der Waals surface area contributed by atoms with Crippen LogP contribution < -0.4 is 11.5 Å². The number of sulfonamides is 1. The van der Waals surface area contributed by atoms with Crippen LogP contribution in [-0.2, 0) is 10.0 Å². The lowest BCUT2D eigenvalue weighted by Gasteiger charge is -2.01. The van der Waals surface area contributed by atoms with E-state index in [4.69, 9.17) is 11.5 Å². The third kappa shape index (κ3) is 4.78.